The number of para-hydroxylation sites is 1. The molecule has 6 nitrogen and oxygen atoms in total. The SMILES string of the molecule is CCOc1cc(C=O)ccc1OCC(=O)Nc1cccc(Oc2ccccc2)c1. The smallest absolute Gasteiger partial charge is 0.262 e. The Morgan fingerprint density at radius 2 is 1.69 bits per heavy atom. The van der Waals surface area contributed by atoms with Crippen LogP contribution in [0.15, 0.2) is 72.8 Å². The molecule has 3 rings (SSSR count). The minimum absolute atomic E-state index is 0.204. The van der Waals surface area contributed by atoms with Crippen LogP contribution < -0.4 is 19.5 Å². The van der Waals surface area contributed by atoms with Crippen molar-refractivity contribution in [2.24, 2.45) is 0 Å². The summed E-state index contributed by atoms with van der Waals surface area (Å²) in [5.41, 5.74) is 1.06. The second kappa shape index (κ2) is 9.94. The summed E-state index contributed by atoms with van der Waals surface area (Å²) >= 11 is 0. The number of anilines is 1. The molecule has 0 radical (unpaired) electrons. The fourth-order valence-electron chi connectivity index (χ4n) is 2.59. The molecule has 0 spiro atoms. The van der Waals surface area contributed by atoms with Crippen molar-refractivity contribution < 1.29 is 23.8 Å². The second-order valence-corrected chi connectivity index (χ2v) is 6.04. The highest BCUT2D eigenvalue weighted by Gasteiger charge is 2.10. The van der Waals surface area contributed by atoms with Gasteiger partial charge in [0.15, 0.2) is 18.1 Å². The Labute approximate surface area is 169 Å². The molecular weight excluding hydrogens is 370 g/mol. The molecule has 0 aliphatic carbocycles. The number of ether oxygens (including phenoxy) is 3. The second-order valence-electron chi connectivity index (χ2n) is 6.04. The fourth-order valence-corrected chi connectivity index (χ4v) is 2.59. The van der Waals surface area contributed by atoms with Crippen LogP contribution in [-0.4, -0.2) is 25.4 Å². The number of rotatable bonds is 9. The lowest BCUT2D eigenvalue weighted by Crippen LogP contribution is -2.20. The molecule has 29 heavy (non-hydrogen) atoms. The molecule has 0 atom stereocenters. The summed E-state index contributed by atoms with van der Waals surface area (Å²) < 4.78 is 16.8. The highest BCUT2D eigenvalue weighted by Crippen LogP contribution is 2.28. The van der Waals surface area contributed by atoms with Crippen molar-refractivity contribution in [1.29, 1.82) is 0 Å². The molecule has 0 aromatic heterocycles. The molecule has 0 saturated carbocycles. The number of carbonyl (C=O) groups excluding carboxylic acids is 2. The van der Waals surface area contributed by atoms with E-state index in [1.807, 2.05) is 43.3 Å². The van der Waals surface area contributed by atoms with Crippen molar-refractivity contribution in [1.82, 2.24) is 0 Å². The van der Waals surface area contributed by atoms with E-state index >= 15 is 0 Å². The van der Waals surface area contributed by atoms with Crippen molar-refractivity contribution in [3.05, 3.63) is 78.4 Å². The Morgan fingerprint density at radius 3 is 2.45 bits per heavy atom. The number of amides is 1. The van der Waals surface area contributed by atoms with Crippen molar-refractivity contribution in [2.45, 2.75) is 6.92 Å². The quantitative estimate of drug-likeness (QED) is 0.535. The van der Waals surface area contributed by atoms with Gasteiger partial charge in [-0.25, -0.2) is 0 Å². The first-order valence-electron chi connectivity index (χ1n) is 9.15. The molecule has 3 aromatic carbocycles. The monoisotopic (exact) mass is 391 g/mol. The van der Waals surface area contributed by atoms with Crippen LogP contribution in [-0.2, 0) is 4.79 Å². The molecule has 0 bridgehead atoms. The zero-order valence-electron chi connectivity index (χ0n) is 16.0. The lowest BCUT2D eigenvalue weighted by atomic mass is 10.2. The van der Waals surface area contributed by atoms with Gasteiger partial charge in [0, 0.05) is 17.3 Å². The summed E-state index contributed by atoms with van der Waals surface area (Å²) in [5.74, 6) is 1.81. The van der Waals surface area contributed by atoms with Crippen LogP contribution >= 0.6 is 0 Å². The summed E-state index contributed by atoms with van der Waals surface area (Å²) in [6.45, 7) is 2.04. The third-order valence-electron chi connectivity index (χ3n) is 3.86. The van der Waals surface area contributed by atoms with Gasteiger partial charge < -0.3 is 19.5 Å². The zero-order valence-corrected chi connectivity index (χ0v) is 16.0. The average molecular weight is 391 g/mol. The van der Waals surface area contributed by atoms with Gasteiger partial charge in [0.1, 0.15) is 17.8 Å². The number of aldehydes is 1. The van der Waals surface area contributed by atoms with E-state index < -0.39 is 0 Å². The Bertz CT molecular complexity index is 972. The summed E-state index contributed by atoms with van der Waals surface area (Å²) in [4.78, 5) is 23.2. The minimum Gasteiger partial charge on any atom is -0.490 e. The lowest BCUT2D eigenvalue weighted by molar-refractivity contribution is -0.118. The third-order valence-corrected chi connectivity index (χ3v) is 3.86. The van der Waals surface area contributed by atoms with Crippen LogP contribution in [0.5, 0.6) is 23.0 Å². The largest absolute Gasteiger partial charge is 0.490 e. The molecule has 0 aliphatic rings. The topological polar surface area (TPSA) is 73.9 Å². The highest BCUT2D eigenvalue weighted by molar-refractivity contribution is 5.92. The first kappa shape index (κ1) is 19.9. The van der Waals surface area contributed by atoms with Crippen LogP contribution in [0.25, 0.3) is 0 Å². The van der Waals surface area contributed by atoms with Crippen molar-refractivity contribution in [3.63, 3.8) is 0 Å². The Kier molecular flexibility index (Phi) is 6.84. The molecule has 148 valence electrons. The first-order chi connectivity index (χ1) is 14.2. The van der Waals surface area contributed by atoms with E-state index in [1.54, 1.807) is 36.4 Å². The molecule has 0 saturated heterocycles. The van der Waals surface area contributed by atoms with E-state index in [2.05, 4.69) is 5.32 Å². The van der Waals surface area contributed by atoms with E-state index in [9.17, 15) is 9.59 Å². The molecule has 0 fully saturated rings. The number of benzene rings is 3. The van der Waals surface area contributed by atoms with Crippen molar-refractivity contribution >= 4 is 17.9 Å². The maximum Gasteiger partial charge on any atom is 0.262 e. The molecule has 0 unspecified atom stereocenters. The number of hydrogen-bond donors (Lipinski definition) is 1. The molecular formula is C23H21NO5. The van der Waals surface area contributed by atoms with Crippen LogP contribution in [0.2, 0.25) is 0 Å². The Morgan fingerprint density at radius 1 is 0.897 bits per heavy atom. The summed E-state index contributed by atoms with van der Waals surface area (Å²) in [7, 11) is 0. The molecule has 1 N–H and O–H groups in total. The maximum atomic E-state index is 12.3. The van der Waals surface area contributed by atoms with Crippen LogP contribution in [0.4, 0.5) is 5.69 Å². The van der Waals surface area contributed by atoms with Gasteiger partial charge in [-0.2, -0.15) is 0 Å². The van der Waals surface area contributed by atoms with Gasteiger partial charge in [-0.3, -0.25) is 9.59 Å². The maximum absolute atomic E-state index is 12.3. The van der Waals surface area contributed by atoms with Gasteiger partial charge in [-0.1, -0.05) is 24.3 Å². The normalized spacial score (nSPS) is 10.1. The van der Waals surface area contributed by atoms with E-state index in [4.69, 9.17) is 14.2 Å². The standard InChI is InChI=1S/C23H21NO5/c1-2-27-22-13-17(15-25)11-12-21(22)28-16-23(26)24-18-7-6-10-20(14-18)29-19-8-4-3-5-9-19/h3-15H,2,16H2,1H3,(H,24,26). The van der Waals surface area contributed by atoms with Gasteiger partial charge in [-0.05, 0) is 49.4 Å². The third kappa shape index (κ3) is 5.84. The van der Waals surface area contributed by atoms with Gasteiger partial charge in [0.25, 0.3) is 5.91 Å². The van der Waals surface area contributed by atoms with Crippen molar-refractivity contribution in [2.75, 3.05) is 18.5 Å². The van der Waals surface area contributed by atoms with E-state index in [0.717, 1.165) is 6.29 Å². The predicted molar refractivity (Wildman–Crippen MR) is 110 cm³/mol. The summed E-state index contributed by atoms with van der Waals surface area (Å²) in [6.07, 6.45) is 0.726. The molecule has 0 heterocycles. The first-order valence-corrected chi connectivity index (χ1v) is 9.15. The van der Waals surface area contributed by atoms with Gasteiger partial charge in [0.2, 0.25) is 0 Å². The van der Waals surface area contributed by atoms with E-state index in [0.29, 0.717) is 40.9 Å². The fraction of sp³-hybridized carbons (Fsp3) is 0.130. The summed E-state index contributed by atoms with van der Waals surface area (Å²) in [6, 6.07) is 21.3. The molecule has 0 aliphatic heterocycles. The van der Waals surface area contributed by atoms with Gasteiger partial charge in [0.05, 0.1) is 6.61 Å². The Hall–Kier alpha value is -3.80. The minimum atomic E-state index is -0.330. The van der Waals surface area contributed by atoms with E-state index in [-0.39, 0.29) is 12.5 Å². The zero-order chi connectivity index (χ0) is 20.5. The number of carbonyl (C=O) groups is 2. The lowest BCUT2D eigenvalue weighted by Gasteiger charge is -2.13. The molecule has 3 aromatic rings. The number of hydrogen-bond acceptors (Lipinski definition) is 5. The van der Waals surface area contributed by atoms with Crippen LogP contribution in [0.3, 0.4) is 0 Å². The van der Waals surface area contributed by atoms with Gasteiger partial charge >= 0.3 is 0 Å². The number of nitrogens with one attached hydrogen (secondary N) is 1. The molecule has 1 amide bonds. The average Bonchev–Trinajstić information content (AvgIpc) is 2.74. The van der Waals surface area contributed by atoms with Gasteiger partial charge in [-0.15, -0.1) is 0 Å². The Balaban J connectivity index is 1.60. The van der Waals surface area contributed by atoms with Crippen LogP contribution in [0, 0.1) is 0 Å². The summed E-state index contributed by atoms with van der Waals surface area (Å²) in [5, 5.41) is 2.77. The highest BCUT2D eigenvalue weighted by atomic mass is 16.5. The predicted octanol–water partition coefficient (Wildman–Crippen LogP) is 4.71. The van der Waals surface area contributed by atoms with Crippen molar-refractivity contribution in [3.8, 4) is 23.0 Å². The van der Waals surface area contributed by atoms with E-state index in [1.165, 1.54) is 0 Å². The molecule has 6 heteroatoms. The van der Waals surface area contributed by atoms with Crippen LogP contribution in [0.1, 0.15) is 17.3 Å².